The molecule has 1 fully saturated rings. The lowest BCUT2D eigenvalue weighted by Crippen LogP contribution is -2.50. The van der Waals surface area contributed by atoms with Gasteiger partial charge in [0.05, 0.1) is 6.04 Å². The predicted octanol–water partition coefficient (Wildman–Crippen LogP) is 3.24. The van der Waals surface area contributed by atoms with Crippen molar-refractivity contribution < 1.29 is 4.79 Å². The van der Waals surface area contributed by atoms with Gasteiger partial charge in [0, 0.05) is 12.6 Å². The van der Waals surface area contributed by atoms with E-state index in [1.54, 1.807) is 0 Å². The monoisotopic (exact) mass is 268 g/mol. The van der Waals surface area contributed by atoms with Gasteiger partial charge >= 0.3 is 0 Å². The molecule has 0 saturated heterocycles. The van der Waals surface area contributed by atoms with Crippen molar-refractivity contribution >= 4 is 5.91 Å². The first-order valence-electron chi connectivity index (χ1n) is 8.22. The summed E-state index contributed by atoms with van der Waals surface area (Å²) in [4.78, 5) is 12.0. The number of rotatable bonds is 8. The minimum absolute atomic E-state index is 0.0567. The molecule has 0 aromatic rings. The summed E-state index contributed by atoms with van der Waals surface area (Å²) in [7, 11) is 0. The first-order chi connectivity index (χ1) is 9.19. The second kappa shape index (κ2) is 9.35. The molecule has 1 aliphatic carbocycles. The highest BCUT2D eigenvalue weighted by atomic mass is 16.2. The third kappa shape index (κ3) is 5.94. The van der Waals surface area contributed by atoms with Crippen LogP contribution in [0.3, 0.4) is 0 Å². The van der Waals surface area contributed by atoms with Crippen molar-refractivity contribution in [1.29, 1.82) is 0 Å². The Morgan fingerprint density at radius 1 is 1.21 bits per heavy atom. The van der Waals surface area contributed by atoms with E-state index in [-0.39, 0.29) is 11.9 Å². The Kier molecular flexibility index (Phi) is 8.11. The zero-order chi connectivity index (χ0) is 14.1. The van der Waals surface area contributed by atoms with Gasteiger partial charge in [-0.05, 0) is 32.1 Å². The molecule has 3 heteroatoms. The van der Waals surface area contributed by atoms with E-state index in [2.05, 4.69) is 24.5 Å². The molecule has 1 amide bonds. The molecule has 0 aromatic heterocycles. The molecule has 0 aromatic carbocycles. The van der Waals surface area contributed by atoms with Gasteiger partial charge in [0.15, 0.2) is 0 Å². The largest absolute Gasteiger partial charge is 0.355 e. The number of hydrogen-bond acceptors (Lipinski definition) is 2. The van der Waals surface area contributed by atoms with Crippen molar-refractivity contribution in [2.45, 2.75) is 84.2 Å². The van der Waals surface area contributed by atoms with Crippen molar-refractivity contribution in [3.8, 4) is 0 Å². The Bertz CT molecular complexity index is 255. The van der Waals surface area contributed by atoms with Crippen LogP contribution in [0, 0.1) is 5.92 Å². The quantitative estimate of drug-likeness (QED) is 0.664. The predicted molar refractivity (Wildman–Crippen MR) is 81.2 cm³/mol. The van der Waals surface area contributed by atoms with E-state index < -0.39 is 0 Å². The van der Waals surface area contributed by atoms with E-state index in [9.17, 15) is 4.79 Å². The number of carbonyl (C=O) groups is 1. The van der Waals surface area contributed by atoms with Gasteiger partial charge < -0.3 is 10.6 Å². The molecule has 1 saturated carbocycles. The lowest BCUT2D eigenvalue weighted by Gasteiger charge is -2.33. The highest BCUT2D eigenvalue weighted by molar-refractivity contribution is 5.81. The number of nitrogens with one attached hydrogen (secondary N) is 2. The third-order valence-corrected chi connectivity index (χ3v) is 4.37. The summed E-state index contributed by atoms with van der Waals surface area (Å²) in [5, 5.41) is 6.59. The van der Waals surface area contributed by atoms with Crippen LogP contribution >= 0.6 is 0 Å². The van der Waals surface area contributed by atoms with Gasteiger partial charge in [0.25, 0.3) is 0 Å². The van der Waals surface area contributed by atoms with Gasteiger partial charge in [-0.1, -0.05) is 46.0 Å². The average molecular weight is 268 g/mol. The van der Waals surface area contributed by atoms with Gasteiger partial charge in [-0.3, -0.25) is 4.79 Å². The molecule has 3 unspecified atom stereocenters. The van der Waals surface area contributed by atoms with Crippen molar-refractivity contribution in [3.63, 3.8) is 0 Å². The van der Waals surface area contributed by atoms with E-state index in [1.807, 2.05) is 6.92 Å². The fraction of sp³-hybridized carbons (Fsp3) is 0.938. The lowest BCUT2D eigenvalue weighted by atomic mass is 9.82. The molecule has 0 heterocycles. The van der Waals surface area contributed by atoms with Gasteiger partial charge in [-0.15, -0.1) is 0 Å². The summed E-state index contributed by atoms with van der Waals surface area (Å²) in [5.74, 6) is 0.917. The number of amides is 1. The minimum Gasteiger partial charge on any atom is -0.355 e. The molecule has 112 valence electrons. The summed E-state index contributed by atoms with van der Waals surface area (Å²) >= 11 is 0. The number of unbranched alkanes of at least 4 members (excludes halogenated alkanes) is 2. The number of hydrogen-bond donors (Lipinski definition) is 2. The summed E-state index contributed by atoms with van der Waals surface area (Å²) in [6.45, 7) is 7.26. The minimum atomic E-state index is -0.0567. The second-order valence-corrected chi connectivity index (χ2v) is 5.95. The Labute approximate surface area is 118 Å². The maximum Gasteiger partial charge on any atom is 0.236 e. The third-order valence-electron chi connectivity index (χ3n) is 4.37. The maximum atomic E-state index is 12.0. The maximum absolute atomic E-state index is 12.0. The molecule has 0 spiro atoms. The zero-order valence-corrected chi connectivity index (χ0v) is 13.0. The standard InChI is InChI=1S/C16H32N2O/c1-4-6-9-12-17-16(19)13(3)18-15-11-8-7-10-14(15)5-2/h13-15,18H,4-12H2,1-3H3,(H,17,19). The second-order valence-electron chi connectivity index (χ2n) is 5.95. The molecule has 2 N–H and O–H groups in total. The van der Waals surface area contributed by atoms with E-state index in [0.29, 0.717) is 6.04 Å². The van der Waals surface area contributed by atoms with Gasteiger partial charge in [-0.2, -0.15) is 0 Å². The normalized spacial score (nSPS) is 25.0. The van der Waals surface area contributed by atoms with Crippen molar-refractivity contribution in [3.05, 3.63) is 0 Å². The van der Waals surface area contributed by atoms with Crippen LogP contribution in [0.4, 0.5) is 0 Å². The molecule has 0 aliphatic heterocycles. The van der Waals surface area contributed by atoms with Crippen LogP contribution in [-0.2, 0) is 4.79 Å². The first-order valence-corrected chi connectivity index (χ1v) is 8.22. The van der Waals surface area contributed by atoms with E-state index in [0.717, 1.165) is 18.9 Å². The van der Waals surface area contributed by atoms with E-state index in [1.165, 1.54) is 44.9 Å². The molecular formula is C16H32N2O. The van der Waals surface area contributed by atoms with Crippen LogP contribution in [0.2, 0.25) is 0 Å². The Balaban J connectivity index is 2.27. The Morgan fingerprint density at radius 2 is 1.95 bits per heavy atom. The van der Waals surface area contributed by atoms with E-state index >= 15 is 0 Å². The Morgan fingerprint density at radius 3 is 2.63 bits per heavy atom. The van der Waals surface area contributed by atoms with Crippen molar-refractivity contribution in [1.82, 2.24) is 10.6 Å². The average Bonchev–Trinajstić information content (AvgIpc) is 2.44. The SMILES string of the molecule is CCCCCNC(=O)C(C)NC1CCCCC1CC. The molecular weight excluding hydrogens is 236 g/mol. The summed E-state index contributed by atoms with van der Waals surface area (Å²) in [5.41, 5.74) is 0. The van der Waals surface area contributed by atoms with Crippen LogP contribution in [0.25, 0.3) is 0 Å². The van der Waals surface area contributed by atoms with Crippen LogP contribution in [0.15, 0.2) is 0 Å². The molecule has 3 atom stereocenters. The molecule has 1 rings (SSSR count). The molecule has 3 nitrogen and oxygen atoms in total. The summed E-state index contributed by atoms with van der Waals surface area (Å²) in [6.07, 6.45) is 9.92. The van der Waals surface area contributed by atoms with Crippen LogP contribution in [-0.4, -0.2) is 24.5 Å². The fourth-order valence-corrected chi connectivity index (χ4v) is 3.05. The van der Waals surface area contributed by atoms with Crippen LogP contribution in [0.5, 0.6) is 0 Å². The smallest absolute Gasteiger partial charge is 0.236 e. The fourth-order valence-electron chi connectivity index (χ4n) is 3.05. The van der Waals surface area contributed by atoms with Crippen molar-refractivity contribution in [2.24, 2.45) is 5.92 Å². The molecule has 0 bridgehead atoms. The summed E-state index contributed by atoms with van der Waals surface area (Å²) in [6, 6.07) is 0.480. The molecule has 0 radical (unpaired) electrons. The lowest BCUT2D eigenvalue weighted by molar-refractivity contribution is -0.123. The van der Waals surface area contributed by atoms with Crippen LogP contribution in [0.1, 0.15) is 72.1 Å². The topological polar surface area (TPSA) is 41.1 Å². The highest BCUT2D eigenvalue weighted by Crippen LogP contribution is 2.27. The molecule has 19 heavy (non-hydrogen) atoms. The zero-order valence-electron chi connectivity index (χ0n) is 13.0. The van der Waals surface area contributed by atoms with Crippen LogP contribution < -0.4 is 10.6 Å². The van der Waals surface area contributed by atoms with E-state index in [4.69, 9.17) is 0 Å². The highest BCUT2D eigenvalue weighted by Gasteiger charge is 2.26. The van der Waals surface area contributed by atoms with Gasteiger partial charge in [-0.25, -0.2) is 0 Å². The first kappa shape index (κ1) is 16.5. The van der Waals surface area contributed by atoms with Gasteiger partial charge in [0.2, 0.25) is 5.91 Å². The molecule has 1 aliphatic rings. The Hall–Kier alpha value is -0.570. The van der Waals surface area contributed by atoms with Crippen molar-refractivity contribution in [2.75, 3.05) is 6.54 Å². The summed E-state index contributed by atoms with van der Waals surface area (Å²) < 4.78 is 0. The number of carbonyl (C=O) groups excluding carboxylic acids is 1. The van der Waals surface area contributed by atoms with Gasteiger partial charge in [0.1, 0.15) is 0 Å².